The van der Waals surface area contributed by atoms with Crippen LogP contribution in [0.5, 0.6) is 5.75 Å². The molecule has 0 aliphatic heterocycles. The molecular weight excluding hydrogens is 157 g/mol. The third kappa shape index (κ3) is 1.56. The van der Waals surface area contributed by atoms with Crippen molar-refractivity contribution in [3.63, 3.8) is 0 Å². The molecule has 0 fully saturated rings. The molecule has 66 valence electrons. The summed E-state index contributed by atoms with van der Waals surface area (Å²) < 4.78 is 12.8. The van der Waals surface area contributed by atoms with Crippen LogP contribution >= 0.6 is 0 Å². The van der Waals surface area contributed by atoms with Crippen LogP contribution in [0.4, 0.5) is 4.39 Å². The van der Waals surface area contributed by atoms with Crippen LogP contribution < -0.4 is 5.73 Å². The maximum Gasteiger partial charge on any atom is 0.129 e. The average Bonchev–Trinajstić information content (AvgIpc) is 1.96. The van der Waals surface area contributed by atoms with Crippen molar-refractivity contribution in [3.05, 3.63) is 29.1 Å². The van der Waals surface area contributed by atoms with Gasteiger partial charge in [0.1, 0.15) is 11.6 Å². The molecule has 0 aliphatic carbocycles. The predicted molar refractivity (Wildman–Crippen MR) is 45.4 cm³/mol. The van der Waals surface area contributed by atoms with Gasteiger partial charge in [0, 0.05) is 17.7 Å². The Kier molecular flexibility index (Phi) is 2.33. The number of halogens is 1. The van der Waals surface area contributed by atoms with E-state index < -0.39 is 5.82 Å². The van der Waals surface area contributed by atoms with Crippen LogP contribution in [0, 0.1) is 12.7 Å². The van der Waals surface area contributed by atoms with Gasteiger partial charge in [-0.05, 0) is 25.5 Å². The normalized spacial score (nSPS) is 13.0. The van der Waals surface area contributed by atoms with E-state index in [2.05, 4.69) is 0 Å². The molecule has 1 rings (SSSR count). The molecule has 1 aromatic carbocycles. The Bertz CT molecular complexity index is 297. The minimum Gasteiger partial charge on any atom is -0.508 e. The first-order valence-corrected chi connectivity index (χ1v) is 3.77. The predicted octanol–water partition coefficient (Wildman–Crippen LogP) is 1.86. The maximum absolute atomic E-state index is 12.8. The largest absolute Gasteiger partial charge is 0.508 e. The van der Waals surface area contributed by atoms with E-state index in [1.165, 1.54) is 0 Å². The molecule has 1 aromatic rings. The molecule has 3 N–H and O–H groups in total. The van der Waals surface area contributed by atoms with Crippen molar-refractivity contribution < 1.29 is 9.50 Å². The molecule has 0 saturated heterocycles. The number of phenols is 1. The Morgan fingerprint density at radius 1 is 1.50 bits per heavy atom. The smallest absolute Gasteiger partial charge is 0.129 e. The number of phenolic OH excluding ortho intramolecular Hbond substituents is 1. The van der Waals surface area contributed by atoms with Gasteiger partial charge in [0.15, 0.2) is 0 Å². The highest BCUT2D eigenvalue weighted by Gasteiger charge is 2.08. The molecule has 0 spiro atoms. The zero-order chi connectivity index (χ0) is 9.30. The van der Waals surface area contributed by atoms with Crippen molar-refractivity contribution >= 4 is 0 Å². The van der Waals surface area contributed by atoms with Crippen LogP contribution in [-0.2, 0) is 0 Å². The summed E-state index contributed by atoms with van der Waals surface area (Å²) in [6.45, 7) is 3.38. The van der Waals surface area contributed by atoms with Gasteiger partial charge in [0.05, 0.1) is 0 Å². The fourth-order valence-electron chi connectivity index (χ4n) is 1.06. The summed E-state index contributed by atoms with van der Waals surface area (Å²) in [6, 6.07) is 2.38. The van der Waals surface area contributed by atoms with Crippen molar-refractivity contribution in [3.8, 4) is 5.75 Å². The third-order valence-electron chi connectivity index (χ3n) is 1.80. The van der Waals surface area contributed by atoms with Gasteiger partial charge >= 0.3 is 0 Å². The van der Waals surface area contributed by atoms with Gasteiger partial charge in [-0.25, -0.2) is 4.39 Å². The summed E-state index contributed by atoms with van der Waals surface area (Å²) in [5.74, 6) is -0.481. The molecule has 0 amide bonds. The van der Waals surface area contributed by atoms with E-state index >= 15 is 0 Å². The van der Waals surface area contributed by atoms with Crippen molar-refractivity contribution in [2.45, 2.75) is 19.9 Å². The summed E-state index contributed by atoms with van der Waals surface area (Å²) in [6.07, 6.45) is 0. The second-order valence-corrected chi connectivity index (χ2v) is 2.95. The summed E-state index contributed by atoms with van der Waals surface area (Å²) in [5, 5.41) is 9.27. The molecule has 3 heteroatoms. The van der Waals surface area contributed by atoms with Gasteiger partial charge in [-0.3, -0.25) is 0 Å². The lowest BCUT2D eigenvalue weighted by Crippen LogP contribution is -2.05. The quantitative estimate of drug-likeness (QED) is 0.674. The Balaban J connectivity index is 3.23. The molecule has 2 nitrogen and oxygen atoms in total. The van der Waals surface area contributed by atoms with Gasteiger partial charge in [-0.15, -0.1) is 0 Å². The Morgan fingerprint density at radius 3 is 2.58 bits per heavy atom. The van der Waals surface area contributed by atoms with E-state index in [0.717, 1.165) is 6.07 Å². The van der Waals surface area contributed by atoms with Gasteiger partial charge in [-0.2, -0.15) is 0 Å². The molecule has 0 aliphatic rings. The van der Waals surface area contributed by atoms with E-state index in [1.54, 1.807) is 19.9 Å². The summed E-state index contributed by atoms with van der Waals surface area (Å²) in [4.78, 5) is 0. The first kappa shape index (κ1) is 9.00. The average molecular weight is 169 g/mol. The lowest BCUT2D eigenvalue weighted by Gasteiger charge is -2.09. The molecule has 0 aromatic heterocycles. The first-order chi connectivity index (χ1) is 5.52. The number of hydrogen-bond acceptors (Lipinski definition) is 2. The Hall–Kier alpha value is -1.09. The minimum atomic E-state index is -0.406. The zero-order valence-corrected chi connectivity index (χ0v) is 7.13. The van der Waals surface area contributed by atoms with Crippen molar-refractivity contribution in [2.24, 2.45) is 5.73 Å². The van der Waals surface area contributed by atoms with Gasteiger partial charge in [0.25, 0.3) is 0 Å². The summed E-state index contributed by atoms with van der Waals surface area (Å²) >= 11 is 0. The van der Waals surface area contributed by atoms with E-state index in [1.807, 2.05) is 0 Å². The van der Waals surface area contributed by atoms with E-state index in [9.17, 15) is 9.50 Å². The van der Waals surface area contributed by atoms with Gasteiger partial charge in [-0.1, -0.05) is 0 Å². The second-order valence-electron chi connectivity index (χ2n) is 2.95. The standard InChI is InChI=1S/C9H12FNO/c1-5-3-7(6(2)11)9(12)4-8(5)10/h3-4,6,12H,11H2,1-2H3. The van der Waals surface area contributed by atoms with Crippen molar-refractivity contribution in [1.29, 1.82) is 0 Å². The van der Waals surface area contributed by atoms with Crippen LogP contribution in [0.15, 0.2) is 12.1 Å². The molecule has 12 heavy (non-hydrogen) atoms. The molecule has 1 atom stereocenters. The van der Waals surface area contributed by atoms with E-state index in [4.69, 9.17) is 5.73 Å². The molecule has 0 radical (unpaired) electrons. The summed E-state index contributed by atoms with van der Waals surface area (Å²) in [7, 11) is 0. The topological polar surface area (TPSA) is 46.2 Å². The van der Waals surface area contributed by atoms with Crippen molar-refractivity contribution in [2.75, 3.05) is 0 Å². The number of hydrogen-bond donors (Lipinski definition) is 2. The molecule has 0 heterocycles. The number of benzene rings is 1. The lowest BCUT2D eigenvalue weighted by atomic mass is 10.0. The summed E-state index contributed by atoms with van der Waals surface area (Å²) in [5.41, 5.74) is 6.63. The van der Waals surface area contributed by atoms with Crippen LogP contribution in [0.25, 0.3) is 0 Å². The zero-order valence-electron chi connectivity index (χ0n) is 7.13. The highest BCUT2D eigenvalue weighted by Crippen LogP contribution is 2.25. The molecule has 0 saturated carbocycles. The second kappa shape index (κ2) is 3.11. The van der Waals surface area contributed by atoms with Gasteiger partial charge < -0.3 is 10.8 Å². The van der Waals surface area contributed by atoms with Crippen LogP contribution in [-0.4, -0.2) is 5.11 Å². The fourth-order valence-corrected chi connectivity index (χ4v) is 1.06. The first-order valence-electron chi connectivity index (χ1n) is 3.77. The number of nitrogens with two attached hydrogens (primary N) is 1. The third-order valence-corrected chi connectivity index (χ3v) is 1.80. The number of aromatic hydroxyl groups is 1. The minimum absolute atomic E-state index is 0.0758. The SMILES string of the molecule is Cc1cc(C(C)N)c(O)cc1F. The highest BCUT2D eigenvalue weighted by atomic mass is 19.1. The van der Waals surface area contributed by atoms with Crippen LogP contribution in [0.1, 0.15) is 24.1 Å². The molecule has 1 unspecified atom stereocenters. The lowest BCUT2D eigenvalue weighted by molar-refractivity contribution is 0.456. The number of rotatable bonds is 1. The maximum atomic E-state index is 12.8. The highest BCUT2D eigenvalue weighted by molar-refractivity contribution is 5.38. The monoisotopic (exact) mass is 169 g/mol. The number of aryl methyl sites for hydroxylation is 1. The molecule has 0 bridgehead atoms. The van der Waals surface area contributed by atoms with Crippen molar-refractivity contribution in [1.82, 2.24) is 0 Å². The molecular formula is C9H12FNO. The van der Waals surface area contributed by atoms with E-state index in [0.29, 0.717) is 11.1 Å². The van der Waals surface area contributed by atoms with Gasteiger partial charge in [0.2, 0.25) is 0 Å². The van der Waals surface area contributed by atoms with E-state index in [-0.39, 0.29) is 11.8 Å². The van der Waals surface area contributed by atoms with Crippen LogP contribution in [0.2, 0.25) is 0 Å². The fraction of sp³-hybridized carbons (Fsp3) is 0.333. The van der Waals surface area contributed by atoms with Crippen LogP contribution in [0.3, 0.4) is 0 Å². The Labute approximate surface area is 70.8 Å². The Morgan fingerprint density at radius 2 is 2.08 bits per heavy atom.